The highest BCUT2D eigenvalue weighted by molar-refractivity contribution is 5.37. The van der Waals surface area contributed by atoms with E-state index in [9.17, 15) is 0 Å². The molecule has 0 unspecified atom stereocenters. The van der Waals surface area contributed by atoms with Gasteiger partial charge in [0, 0.05) is 13.1 Å². The minimum atomic E-state index is 0.555. The van der Waals surface area contributed by atoms with Gasteiger partial charge in [0.1, 0.15) is 24.3 Å². The molecule has 0 radical (unpaired) electrons. The Labute approximate surface area is 98.9 Å². The average Bonchev–Trinajstić information content (AvgIpc) is 2.73. The highest BCUT2D eigenvalue weighted by Crippen LogP contribution is 2.11. The molecule has 0 saturated carbocycles. The summed E-state index contributed by atoms with van der Waals surface area (Å²) in [5.74, 6) is 2.09. The van der Waals surface area contributed by atoms with Crippen molar-refractivity contribution in [2.45, 2.75) is 13.5 Å². The Balaban J connectivity index is 1.99. The Bertz CT molecular complexity index is 483. The van der Waals surface area contributed by atoms with Crippen molar-refractivity contribution in [1.29, 1.82) is 0 Å². The Hall–Kier alpha value is -2.18. The van der Waals surface area contributed by atoms with Crippen LogP contribution in [0.4, 0.5) is 5.82 Å². The molecule has 1 N–H and O–H groups in total. The molecule has 2 rings (SSSR count). The van der Waals surface area contributed by atoms with E-state index in [0.29, 0.717) is 24.8 Å². The Morgan fingerprint density at radius 3 is 2.88 bits per heavy atom. The van der Waals surface area contributed by atoms with Crippen LogP contribution in [0.5, 0.6) is 5.88 Å². The summed E-state index contributed by atoms with van der Waals surface area (Å²) in [5.41, 5.74) is 0. The van der Waals surface area contributed by atoms with E-state index in [1.165, 1.54) is 12.7 Å². The van der Waals surface area contributed by atoms with Gasteiger partial charge in [0.15, 0.2) is 0 Å². The lowest BCUT2D eigenvalue weighted by Gasteiger charge is -2.06. The molecule has 17 heavy (non-hydrogen) atoms. The first-order valence-electron chi connectivity index (χ1n) is 5.31. The van der Waals surface area contributed by atoms with Crippen LogP contribution in [0.2, 0.25) is 0 Å². The maximum absolute atomic E-state index is 5.28. The van der Waals surface area contributed by atoms with Gasteiger partial charge in [-0.3, -0.25) is 4.68 Å². The summed E-state index contributed by atoms with van der Waals surface area (Å²) in [6.07, 6.45) is 2.98. The van der Waals surface area contributed by atoms with Crippen molar-refractivity contribution >= 4 is 5.82 Å². The largest absolute Gasteiger partial charge is 0.478 e. The normalized spacial score (nSPS) is 10.2. The zero-order valence-corrected chi connectivity index (χ0v) is 9.79. The van der Waals surface area contributed by atoms with E-state index in [0.717, 1.165) is 5.82 Å². The van der Waals surface area contributed by atoms with E-state index in [-0.39, 0.29) is 0 Å². The monoisotopic (exact) mass is 234 g/mol. The van der Waals surface area contributed by atoms with Gasteiger partial charge in [-0.15, -0.1) is 0 Å². The number of hydrogen-bond donors (Lipinski definition) is 1. The molecule has 7 nitrogen and oxygen atoms in total. The number of aromatic nitrogens is 5. The molecule has 2 aromatic heterocycles. The van der Waals surface area contributed by atoms with Crippen LogP contribution in [0.1, 0.15) is 12.7 Å². The Morgan fingerprint density at radius 1 is 1.29 bits per heavy atom. The third-order valence-electron chi connectivity index (χ3n) is 2.17. The van der Waals surface area contributed by atoms with Gasteiger partial charge in [-0.2, -0.15) is 5.10 Å². The smallest absolute Gasteiger partial charge is 0.218 e. The molecule has 2 heterocycles. The summed E-state index contributed by atoms with van der Waals surface area (Å²) in [6, 6.07) is 1.75. The number of ether oxygens (including phenoxy) is 1. The van der Waals surface area contributed by atoms with Crippen LogP contribution in [0.3, 0.4) is 0 Å². The quantitative estimate of drug-likeness (QED) is 0.817. The van der Waals surface area contributed by atoms with E-state index in [4.69, 9.17) is 4.74 Å². The Morgan fingerprint density at radius 2 is 2.18 bits per heavy atom. The first kappa shape index (κ1) is 11.3. The highest BCUT2D eigenvalue weighted by atomic mass is 16.5. The summed E-state index contributed by atoms with van der Waals surface area (Å²) in [5, 5.41) is 7.12. The summed E-state index contributed by atoms with van der Waals surface area (Å²) < 4.78 is 6.99. The molecule has 0 aliphatic carbocycles. The van der Waals surface area contributed by atoms with Crippen molar-refractivity contribution in [3.05, 3.63) is 24.5 Å². The van der Waals surface area contributed by atoms with E-state index in [2.05, 4.69) is 25.4 Å². The van der Waals surface area contributed by atoms with Crippen molar-refractivity contribution in [1.82, 2.24) is 24.7 Å². The zero-order valence-electron chi connectivity index (χ0n) is 9.79. The minimum absolute atomic E-state index is 0.555. The molecule has 0 fully saturated rings. The lowest BCUT2D eigenvalue weighted by atomic mass is 10.5. The summed E-state index contributed by atoms with van der Waals surface area (Å²) in [7, 11) is 1.84. The van der Waals surface area contributed by atoms with Gasteiger partial charge in [0.05, 0.1) is 13.2 Å². The number of anilines is 1. The van der Waals surface area contributed by atoms with Crippen molar-refractivity contribution in [2.75, 3.05) is 11.9 Å². The van der Waals surface area contributed by atoms with Crippen molar-refractivity contribution < 1.29 is 4.74 Å². The third-order valence-corrected chi connectivity index (χ3v) is 2.17. The van der Waals surface area contributed by atoms with Crippen LogP contribution in [0.15, 0.2) is 18.7 Å². The molecule has 0 aliphatic heterocycles. The number of aryl methyl sites for hydroxylation is 1. The second-order valence-corrected chi connectivity index (χ2v) is 3.33. The summed E-state index contributed by atoms with van der Waals surface area (Å²) in [6.45, 7) is 3.05. The maximum Gasteiger partial charge on any atom is 0.218 e. The molecular formula is C10H14N6O. The average molecular weight is 234 g/mol. The lowest BCUT2D eigenvalue weighted by molar-refractivity contribution is 0.326. The van der Waals surface area contributed by atoms with Crippen LogP contribution in [0, 0.1) is 0 Å². The van der Waals surface area contributed by atoms with Crippen LogP contribution < -0.4 is 10.1 Å². The molecule has 0 bridgehead atoms. The third kappa shape index (κ3) is 2.90. The van der Waals surface area contributed by atoms with Crippen LogP contribution in [-0.4, -0.2) is 31.3 Å². The predicted molar refractivity (Wildman–Crippen MR) is 61.5 cm³/mol. The molecule has 0 spiro atoms. The predicted octanol–water partition coefficient (Wildman–Crippen LogP) is 0.616. The standard InChI is InChI=1S/C10H14N6O/c1-3-17-10-4-8(12-6-14-10)11-5-9-13-7-15-16(9)2/h4,6-7H,3,5H2,1-2H3,(H,11,12,14). The first-order chi connectivity index (χ1) is 8.29. The zero-order chi connectivity index (χ0) is 12.1. The summed E-state index contributed by atoms with van der Waals surface area (Å²) >= 11 is 0. The van der Waals surface area contributed by atoms with Gasteiger partial charge in [-0.1, -0.05) is 0 Å². The van der Waals surface area contributed by atoms with Gasteiger partial charge in [0.2, 0.25) is 5.88 Å². The van der Waals surface area contributed by atoms with E-state index in [1.807, 2.05) is 14.0 Å². The molecule has 0 saturated heterocycles. The number of hydrogen-bond acceptors (Lipinski definition) is 6. The molecule has 90 valence electrons. The van der Waals surface area contributed by atoms with Gasteiger partial charge in [-0.05, 0) is 6.92 Å². The minimum Gasteiger partial charge on any atom is -0.478 e. The molecule has 0 aromatic carbocycles. The molecule has 0 amide bonds. The van der Waals surface area contributed by atoms with Crippen LogP contribution in [-0.2, 0) is 13.6 Å². The van der Waals surface area contributed by atoms with Gasteiger partial charge < -0.3 is 10.1 Å². The van der Waals surface area contributed by atoms with Crippen molar-refractivity contribution in [3.63, 3.8) is 0 Å². The van der Waals surface area contributed by atoms with Gasteiger partial charge in [0.25, 0.3) is 0 Å². The second-order valence-electron chi connectivity index (χ2n) is 3.33. The SMILES string of the molecule is CCOc1cc(NCc2ncnn2C)ncn1. The van der Waals surface area contributed by atoms with Crippen molar-refractivity contribution in [3.8, 4) is 5.88 Å². The lowest BCUT2D eigenvalue weighted by Crippen LogP contribution is -2.08. The summed E-state index contributed by atoms with van der Waals surface area (Å²) in [4.78, 5) is 12.2. The van der Waals surface area contributed by atoms with Crippen LogP contribution >= 0.6 is 0 Å². The molecular weight excluding hydrogens is 220 g/mol. The van der Waals surface area contributed by atoms with E-state index >= 15 is 0 Å². The fraction of sp³-hybridized carbons (Fsp3) is 0.400. The van der Waals surface area contributed by atoms with Crippen LogP contribution in [0.25, 0.3) is 0 Å². The molecule has 0 aliphatic rings. The second kappa shape index (κ2) is 5.24. The number of nitrogens with one attached hydrogen (secondary N) is 1. The van der Waals surface area contributed by atoms with E-state index < -0.39 is 0 Å². The fourth-order valence-electron chi connectivity index (χ4n) is 1.31. The van der Waals surface area contributed by atoms with E-state index in [1.54, 1.807) is 10.7 Å². The number of rotatable bonds is 5. The van der Waals surface area contributed by atoms with Gasteiger partial charge in [-0.25, -0.2) is 15.0 Å². The Kier molecular flexibility index (Phi) is 3.49. The maximum atomic E-state index is 5.28. The molecule has 2 aromatic rings. The number of nitrogens with zero attached hydrogens (tertiary/aromatic N) is 5. The molecule has 7 heteroatoms. The highest BCUT2D eigenvalue weighted by Gasteiger charge is 2.02. The van der Waals surface area contributed by atoms with Crippen molar-refractivity contribution in [2.24, 2.45) is 7.05 Å². The molecule has 0 atom stereocenters. The topological polar surface area (TPSA) is 77.8 Å². The first-order valence-corrected chi connectivity index (χ1v) is 5.31. The fourth-order valence-corrected chi connectivity index (χ4v) is 1.31. The van der Waals surface area contributed by atoms with Gasteiger partial charge >= 0.3 is 0 Å².